The van der Waals surface area contributed by atoms with Crippen LogP contribution in [0.4, 0.5) is 5.69 Å². The Morgan fingerprint density at radius 1 is 1.45 bits per heavy atom. The fraction of sp³-hybridized carbons (Fsp3) is 0.143. The number of aryl methyl sites for hydroxylation is 1. The standard InChI is InChI=1S/C7H6IN3/c1-5-2-6(8)4-7(3-5)10-11-9/h2-4H,1H3. The second kappa shape index (κ2) is 3.59. The summed E-state index contributed by atoms with van der Waals surface area (Å²) < 4.78 is 1.09. The number of hydrogen-bond donors (Lipinski definition) is 0. The first-order valence-electron chi connectivity index (χ1n) is 3.04. The highest BCUT2D eigenvalue weighted by Gasteiger charge is 1.92. The molecule has 1 rings (SSSR count). The van der Waals surface area contributed by atoms with Gasteiger partial charge < -0.3 is 0 Å². The molecule has 0 aliphatic carbocycles. The third-order valence-electron chi connectivity index (χ3n) is 1.19. The molecule has 4 heteroatoms. The van der Waals surface area contributed by atoms with E-state index in [2.05, 4.69) is 32.6 Å². The van der Waals surface area contributed by atoms with Crippen LogP contribution >= 0.6 is 22.6 Å². The first kappa shape index (κ1) is 8.36. The van der Waals surface area contributed by atoms with E-state index in [1.807, 2.05) is 25.1 Å². The topological polar surface area (TPSA) is 48.8 Å². The summed E-state index contributed by atoms with van der Waals surface area (Å²) in [7, 11) is 0. The van der Waals surface area contributed by atoms with Crippen molar-refractivity contribution in [3.63, 3.8) is 0 Å². The van der Waals surface area contributed by atoms with Gasteiger partial charge in [-0.3, -0.25) is 0 Å². The average Bonchev–Trinajstić information content (AvgIpc) is 1.85. The van der Waals surface area contributed by atoms with Gasteiger partial charge >= 0.3 is 0 Å². The first-order chi connectivity index (χ1) is 5.22. The molecule has 0 aliphatic rings. The van der Waals surface area contributed by atoms with Crippen molar-refractivity contribution in [1.82, 2.24) is 0 Å². The molecule has 0 saturated carbocycles. The van der Waals surface area contributed by atoms with Crippen molar-refractivity contribution in [1.29, 1.82) is 0 Å². The van der Waals surface area contributed by atoms with E-state index >= 15 is 0 Å². The molecule has 56 valence electrons. The van der Waals surface area contributed by atoms with E-state index in [-0.39, 0.29) is 0 Å². The summed E-state index contributed by atoms with van der Waals surface area (Å²) in [6, 6.07) is 5.71. The number of benzene rings is 1. The van der Waals surface area contributed by atoms with Crippen molar-refractivity contribution in [2.45, 2.75) is 6.92 Å². The van der Waals surface area contributed by atoms with Crippen LogP contribution in [0.5, 0.6) is 0 Å². The minimum atomic E-state index is 0.678. The summed E-state index contributed by atoms with van der Waals surface area (Å²) in [5.41, 5.74) is 9.95. The highest BCUT2D eigenvalue weighted by atomic mass is 127. The fourth-order valence-electron chi connectivity index (χ4n) is 0.826. The molecule has 0 spiro atoms. The molecule has 11 heavy (non-hydrogen) atoms. The van der Waals surface area contributed by atoms with E-state index in [1.54, 1.807) is 0 Å². The molecule has 1 aromatic rings. The zero-order chi connectivity index (χ0) is 8.27. The van der Waals surface area contributed by atoms with E-state index in [9.17, 15) is 0 Å². The molecular formula is C7H6IN3. The van der Waals surface area contributed by atoms with Crippen molar-refractivity contribution in [3.05, 3.63) is 37.8 Å². The molecule has 0 unspecified atom stereocenters. The van der Waals surface area contributed by atoms with Gasteiger partial charge in [0.2, 0.25) is 0 Å². The van der Waals surface area contributed by atoms with Crippen LogP contribution in [-0.4, -0.2) is 0 Å². The second-order valence-corrected chi connectivity index (χ2v) is 3.42. The van der Waals surface area contributed by atoms with Gasteiger partial charge in [0.25, 0.3) is 0 Å². The molecule has 0 fully saturated rings. The first-order valence-corrected chi connectivity index (χ1v) is 4.12. The lowest BCUT2D eigenvalue weighted by molar-refractivity contribution is 1.39. The summed E-state index contributed by atoms with van der Waals surface area (Å²) in [5.74, 6) is 0. The fourth-order valence-corrected chi connectivity index (χ4v) is 1.64. The van der Waals surface area contributed by atoms with Crippen LogP contribution in [0.2, 0.25) is 0 Å². The SMILES string of the molecule is Cc1cc(I)cc(N=[N+]=[N-])c1. The maximum atomic E-state index is 8.16. The van der Waals surface area contributed by atoms with E-state index in [4.69, 9.17) is 5.53 Å². The number of nitrogens with zero attached hydrogens (tertiary/aromatic N) is 3. The zero-order valence-electron chi connectivity index (χ0n) is 5.95. The molecule has 0 bridgehead atoms. The predicted molar refractivity (Wildman–Crippen MR) is 52.7 cm³/mol. The van der Waals surface area contributed by atoms with E-state index in [1.165, 1.54) is 0 Å². The normalized spacial score (nSPS) is 8.91. The van der Waals surface area contributed by atoms with E-state index in [0.29, 0.717) is 5.69 Å². The van der Waals surface area contributed by atoms with Crippen molar-refractivity contribution in [2.24, 2.45) is 5.11 Å². The molecule has 0 N–H and O–H groups in total. The predicted octanol–water partition coefficient (Wildman–Crippen LogP) is 3.54. The van der Waals surface area contributed by atoms with Crippen LogP contribution in [0.25, 0.3) is 10.4 Å². The van der Waals surface area contributed by atoms with Gasteiger partial charge in [-0.15, -0.1) is 0 Å². The second-order valence-electron chi connectivity index (χ2n) is 2.18. The van der Waals surface area contributed by atoms with Gasteiger partial charge in [0, 0.05) is 14.2 Å². The minimum Gasteiger partial charge on any atom is -0.0607 e. The smallest absolute Gasteiger partial charge is 0.0388 e. The summed E-state index contributed by atoms with van der Waals surface area (Å²) in [4.78, 5) is 2.71. The highest BCUT2D eigenvalue weighted by molar-refractivity contribution is 14.1. The Bertz CT molecular complexity index is 295. The molecule has 0 amide bonds. The van der Waals surface area contributed by atoms with Gasteiger partial charge in [-0.05, 0) is 58.8 Å². The molecule has 0 aromatic heterocycles. The molecule has 1 aromatic carbocycles. The van der Waals surface area contributed by atoms with Crippen molar-refractivity contribution < 1.29 is 0 Å². The van der Waals surface area contributed by atoms with Gasteiger partial charge in [-0.1, -0.05) is 5.11 Å². The maximum Gasteiger partial charge on any atom is 0.0388 e. The molecule has 0 atom stereocenters. The number of hydrogen-bond acceptors (Lipinski definition) is 1. The van der Waals surface area contributed by atoms with Crippen LogP contribution in [0, 0.1) is 10.5 Å². The van der Waals surface area contributed by atoms with Crippen LogP contribution in [0.1, 0.15) is 5.56 Å². The molecule has 0 radical (unpaired) electrons. The van der Waals surface area contributed by atoms with Crippen molar-refractivity contribution in [2.75, 3.05) is 0 Å². The van der Waals surface area contributed by atoms with Crippen molar-refractivity contribution >= 4 is 28.3 Å². The summed E-state index contributed by atoms with van der Waals surface area (Å²) in [6.07, 6.45) is 0. The number of azide groups is 1. The molecule has 0 saturated heterocycles. The third-order valence-corrected chi connectivity index (χ3v) is 1.81. The van der Waals surface area contributed by atoms with E-state index < -0.39 is 0 Å². The summed E-state index contributed by atoms with van der Waals surface area (Å²) in [6.45, 7) is 1.97. The Kier molecular flexibility index (Phi) is 2.73. The highest BCUT2D eigenvalue weighted by Crippen LogP contribution is 2.18. The van der Waals surface area contributed by atoms with Gasteiger partial charge in [-0.2, -0.15) is 0 Å². The van der Waals surface area contributed by atoms with Crippen LogP contribution in [-0.2, 0) is 0 Å². The van der Waals surface area contributed by atoms with E-state index in [0.717, 1.165) is 9.13 Å². The van der Waals surface area contributed by atoms with Gasteiger partial charge in [0.05, 0.1) is 0 Å². The average molecular weight is 259 g/mol. The van der Waals surface area contributed by atoms with Crippen molar-refractivity contribution in [3.8, 4) is 0 Å². The quantitative estimate of drug-likeness (QED) is 0.320. The van der Waals surface area contributed by atoms with Crippen LogP contribution in [0.3, 0.4) is 0 Å². The van der Waals surface area contributed by atoms with Gasteiger partial charge in [-0.25, -0.2) is 0 Å². The Labute approximate surface area is 78.2 Å². The molecule has 3 nitrogen and oxygen atoms in total. The maximum absolute atomic E-state index is 8.16. The third kappa shape index (κ3) is 2.40. The Hall–Kier alpha value is -0.740. The number of halogens is 1. The molecule has 0 heterocycles. The monoisotopic (exact) mass is 259 g/mol. The lowest BCUT2D eigenvalue weighted by Crippen LogP contribution is -1.73. The van der Waals surface area contributed by atoms with Gasteiger partial charge in [0.15, 0.2) is 0 Å². The summed E-state index contributed by atoms with van der Waals surface area (Å²) in [5, 5.41) is 3.50. The zero-order valence-corrected chi connectivity index (χ0v) is 8.11. The largest absolute Gasteiger partial charge is 0.0607 e. The lowest BCUT2D eigenvalue weighted by atomic mass is 10.2. The van der Waals surface area contributed by atoms with Gasteiger partial charge in [0.1, 0.15) is 0 Å². The lowest BCUT2D eigenvalue weighted by Gasteiger charge is -1.95. The number of rotatable bonds is 1. The van der Waals surface area contributed by atoms with Crippen LogP contribution < -0.4 is 0 Å². The Balaban J connectivity index is 3.18. The Morgan fingerprint density at radius 2 is 2.18 bits per heavy atom. The molecular weight excluding hydrogens is 253 g/mol. The Morgan fingerprint density at radius 3 is 2.73 bits per heavy atom. The molecule has 0 aliphatic heterocycles. The minimum absolute atomic E-state index is 0.678. The summed E-state index contributed by atoms with van der Waals surface area (Å²) >= 11 is 2.19. The van der Waals surface area contributed by atoms with Crippen LogP contribution in [0.15, 0.2) is 23.3 Å².